The lowest BCUT2D eigenvalue weighted by Gasteiger charge is -2.12. The molecule has 0 saturated heterocycles. The molecule has 108 valence electrons. The van der Waals surface area contributed by atoms with Gasteiger partial charge < -0.3 is 0 Å². The molecule has 0 saturated carbocycles. The Hall–Kier alpha value is -1.14. The quantitative estimate of drug-likeness (QED) is 0.442. The summed E-state index contributed by atoms with van der Waals surface area (Å²) in [6.45, 7) is 1.90. The fraction of sp³-hybridized carbons (Fsp3) is 0.188. The molecule has 2 nitrogen and oxygen atoms in total. The van der Waals surface area contributed by atoms with E-state index in [-0.39, 0.29) is 5.82 Å². The van der Waals surface area contributed by atoms with E-state index in [1.54, 1.807) is 6.07 Å². The molecule has 0 N–H and O–H groups in total. The van der Waals surface area contributed by atoms with E-state index in [9.17, 15) is 4.39 Å². The Kier molecular flexibility index (Phi) is 4.17. The predicted octanol–water partition coefficient (Wildman–Crippen LogP) is 4.86. The van der Waals surface area contributed by atoms with Gasteiger partial charge in [-0.1, -0.05) is 12.1 Å². The van der Waals surface area contributed by atoms with Crippen molar-refractivity contribution in [3.05, 3.63) is 57.2 Å². The number of nitrogens with zero attached hydrogens (tertiary/aromatic N) is 2. The van der Waals surface area contributed by atoms with Crippen LogP contribution in [0.1, 0.15) is 11.4 Å². The number of hydrogen-bond donors (Lipinski definition) is 0. The minimum atomic E-state index is -0.247. The Balaban J connectivity index is 2.36. The Morgan fingerprint density at radius 1 is 1.29 bits per heavy atom. The van der Waals surface area contributed by atoms with Gasteiger partial charge >= 0.3 is 0 Å². The molecule has 0 aliphatic heterocycles. The van der Waals surface area contributed by atoms with Crippen molar-refractivity contribution in [3.63, 3.8) is 0 Å². The third-order valence-corrected chi connectivity index (χ3v) is 4.28. The van der Waals surface area contributed by atoms with E-state index in [4.69, 9.17) is 11.6 Å². The van der Waals surface area contributed by atoms with E-state index < -0.39 is 0 Å². The van der Waals surface area contributed by atoms with Gasteiger partial charge in [0.2, 0.25) is 0 Å². The van der Waals surface area contributed by atoms with Gasteiger partial charge in [0.1, 0.15) is 11.6 Å². The summed E-state index contributed by atoms with van der Waals surface area (Å²) in [6, 6.07) is 11.1. The molecular formula is C16H13ClFIN2. The molecule has 3 aromatic rings. The zero-order valence-corrected chi connectivity index (χ0v) is 14.3. The van der Waals surface area contributed by atoms with E-state index in [1.165, 1.54) is 6.07 Å². The van der Waals surface area contributed by atoms with Crippen molar-refractivity contribution in [2.24, 2.45) is 0 Å². The smallest absolute Gasteiger partial charge is 0.147 e. The largest absolute Gasteiger partial charge is 0.293 e. The van der Waals surface area contributed by atoms with Crippen LogP contribution in [0.25, 0.3) is 16.7 Å². The summed E-state index contributed by atoms with van der Waals surface area (Å²) in [5.41, 5.74) is 3.21. The molecule has 3 rings (SSSR count). The third kappa shape index (κ3) is 2.66. The van der Waals surface area contributed by atoms with Crippen molar-refractivity contribution < 1.29 is 4.39 Å². The number of benzene rings is 2. The summed E-state index contributed by atoms with van der Waals surface area (Å²) < 4.78 is 17.3. The Labute approximate surface area is 141 Å². The minimum Gasteiger partial charge on any atom is -0.293 e. The molecule has 0 unspecified atom stereocenters. The van der Waals surface area contributed by atoms with E-state index >= 15 is 0 Å². The zero-order valence-electron chi connectivity index (χ0n) is 11.4. The first kappa shape index (κ1) is 14.8. The Morgan fingerprint density at radius 3 is 2.81 bits per heavy atom. The van der Waals surface area contributed by atoms with E-state index in [2.05, 4.69) is 27.6 Å². The monoisotopic (exact) mass is 414 g/mol. The average molecular weight is 415 g/mol. The van der Waals surface area contributed by atoms with Crippen LogP contribution >= 0.6 is 34.2 Å². The van der Waals surface area contributed by atoms with Crippen molar-refractivity contribution in [1.29, 1.82) is 0 Å². The van der Waals surface area contributed by atoms with Gasteiger partial charge in [0.05, 0.1) is 16.7 Å². The second-order valence-corrected chi connectivity index (χ2v) is 6.46. The molecule has 0 atom stereocenters. The number of aromatic nitrogens is 2. The summed E-state index contributed by atoms with van der Waals surface area (Å²) in [4.78, 5) is 4.63. The predicted molar refractivity (Wildman–Crippen MR) is 92.9 cm³/mol. The molecule has 2 aromatic carbocycles. The number of imidazole rings is 1. The zero-order chi connectivity index (χ0) is 15.0. The Bertz CT molecular complexity index is 793. The molecule has 0 fully saturated rings. The van der Waals surface area contributed by atoms with Gasteiger partial charge in [-0.2, -0.15) is 0 Å². The number of para-hydroxylation sites is 1. The first-order valence-electron chi connectivity index (χ1n) is 6.60. The van der Waals surface area contributed by atoms with Crippen LogP contribution in [0.5, 0.6) is 0 Å². The highest BCUT2D eigenvalue weighted by molar-refractivity contribution is 14.1. The van der Waals surface area contributed by atoms with Gasteiger partial charge in [-0.05, 0) is 59.3 Å². The molecule has 21 heavy (non-hydrogen) atoms. The fourth-order valence-corrected chi connectivity index (χ4v) is 3.16. The van der Waals surface area contributed by atoms with Crippen LogP contribution in [0.2, 0.25) is 0 Å². The van der Waals surface area contributed by atoms with Crippen molar-refractivity contribution in [2.45, 2.75) is 13.3 Å². The van der Waals surface area contributed by atoms with E-state index in [1.807, 2.05) is 35.8 Å². The number of aryl methyl sites for hydroxylation is 2. The number of hydrogen-bond acceptors (Lipinski definition) is 1. The van der Waals surface area contributed by atoms with E-state index in [0.717, 1.165) is 26.0 Å². The topological polar surface area (TPSA) is 17.8 Å². The summed E-state index contributed by atoms with van der Waals surface area (Å²) >= 11 is 8.13. The summed E-state index contributed by atoms with van der Waals surface area (Å²) in [6.07, 6.45) is 0.598. The van der Waals surface area contributed by atoms with Crippen LogP contribution in [0.4, 0.5) is 4.39 Å². The molecule has 5 heteroatoms. The summed E-state index contributed by atoms with van der Waals surface area (Å²) in [7, 11) is 0. The van der Waals surface area contributed by atoms with Crippen molar-refractivity contribution in [1.82, 2.24) is 9.55 Å². The summed E-state index contributed by atoms with van der Waals surface area (Å²) in [5.74, 6) is 0.993. The first-order chi connectivity index (χ1) is 10.1. The average Bonchev–Trinajstić information content (AvgIpc) is 2.77. The molecule has 1 heterocycles. The van der Waals surface area contributed by atoms with Crippen LogP contribution in [0, 0.1) is 16.3 Å². The van der Waals surface area contributed by atoms with Crippen LogP contribution in [-0.2, 0) is 6.42 Å². The maximum Gasteiger partial charge on any atom is 0.147 e. The second kappa shape index (κ2) is 5.93. The fourth-order valence-electron chi connectivity index (χ4n) is 2.51. The van der Waals surface area contributed by atoms with Gasteiger partial charge in [0.15, 0.2) is 0 Å². The first-order valence-corrected chi connectivity index (χ1v) is 8.21. The van der Waals surface area contributed by atoms with Gasteiger partial charge in [0, 0.05) is 15.9 Å². The molecule has 0 spiro atoms. The van der Waals surface area contributed by atoms with Crippen LogP contribution in [0.15, 0.2) is 36.4 Å². The van der Waals surface area contributed by atoms with Crippen molar-refractivity contribution >= 4 is 45.2 Å². The van der Waals surface area contributed by atoms with Gasteiger partial charge in [-0.25, -0.2) is 9.37 Å². The molecular weight excluding hydrogens is 402 g/mol. The molecule has 0 aliphatic rings. The van der Waals surface area contributed by atoms with Crippen LogP contribution in [0.3, 0.4) is 0 Å². The van der Waals surface area contributed by atoms with Crippen LogP contribution < -0.4 is 0 Å². The highest BCUT2D eigenvalue weighted by atomic mass is 127. The normalized spacial score (nSPS) is 11.2. The lowest BCUT2D eigenvalue weighted by atomic mass is 10.1. The van der Waals surface area contributed by atoms with Crippen molar-refractivity contribution in [3.8, 4) is 5.69 Å². The highest BCUT2D eigenvalue weighted by Gasteiger charge is 2.16. The number of alkyl halides is 1. The highest BCUT2D eigenvalue weighted by Crippen LogP contribution is 2.27. The number of halogens is 3. The SMILES string of the molecule is Cc1cccc(F)c1-n1c(CCCl)nc2cc(I)ccc21. The maximum atomic E-state index is 14.4. The lowest BCUT2D eigenvalue weighted by Crippen LogP contribution is -2.06. The molecule has 0 amide bonds. The minimum absolute atomic E-state index is 0.247. The third-order valence-electron chi connectivity index (χ3n) is 3.42. The molecule has 1 aromatic heterocycles. The van der Waals surface area contributed by atoms with Gasteiger partial charge in [-0.3, -0.25) is 4.57 Å². The van der Waals surface area contributed by atoms with Crippen LogP contribution in [-0.4, -0.2) is 15.4 Å². The van der Waals surface area contributed by atoms with Gasteiger partial charge in [0.25, 0.3) is 0 Å². The Morgan fingerprint density at radius 2 is 2.10 bits per heavy atom. The lowest BCUT2D eigenvalue weighted by molar-refractivity contribution is 0.615. The number of rotatable bonds is 3. The molecule has 0 aliphatic carbocycles. The summed E-state index contributed by atoms with van der Waals surface area (Å²) in [5, 5.41) is 0. The maximum absolute atomic E-state index is 14.4. The standard InChI is InChI=1S/C16H13ClFIN2/c1-10-3-2-4-12(18)16(10)21-14-6-5-11(19)9-13(14)20-15(21)7-8-17/h2-6,9H,7-8H2,1H3. The van der Waals surface area contributed by atoms with Gasteiger partial charge in [-0.15, -0.1) is 11.6 Å². The molecule has 0 radical (unpaired) electrons. The second-order valence-electron chi connectivity index (χ2n) is 4.84. The number of fused-ring (bicyclic) bond motifs is 1. The van der Waals surface area contributed by atoms with Crippen molar-refractivity contribution in [2.75, 3.05) is 5.88 Å². The molecule has 0 bridgehead atoms. The van der Waals surface area contributed by atoms with E-state index in [0.29, 0.717) is 18.0 Å².